The van der Waals surface area contributed by atoms with Crippen molar-refractivity contribution in [3.8, 4) is 11.5 Å². The lowest BCUT2D eigenvalue weighted by Crippen LogP contribution is -2.25. The number of benzene rings is 2. The number of esters is 1. The topological polar surface area (TPSA) is 65.1 Å². The Labute approximate surface area is 169 Å². The van der Waals surface area contributed by atoms with Crippen molar-refractivity contribution in [2.45, 2.75) is 25.9 Å². The lowest BCUT2D eigenvalue weighted by Gasteiger charge is -2.13. The summed E-state index contributed by atoms with van der Waals surface area (Å²) >= 11 is 0. The predicted molar refractivity (Wildman–Crippen MR) is 109 cm³/mol. The van der Waals surface area contributed by atoms with Gasteiger partial charge in [0.2, 0.25) is 5.78 Å². The number of fused-ring (bicyclic) bond motifs is 1. The van der Waals surface area contributed by atoms with E-state index in [2.05, 4.69) is 0 Å². The molecule has 4 rings (SSSR count). The quantitative estimate of drug-likeness (QED) is 0.448. The summed E-state index contributed by atoms with van der Waals surface area (Å²) in [6, 6.07) is 11.1. The molecule has 29 heavy (non-hydrogen) atoms. The van der Waals surface area contributed by atoms with Gasteiger partial charge in [-0.05, 0) is 55.7 Å². The SMILES string of the molecule is Cc1c(OC(=O)C2CCCO2)ccc2c1O/C(=C\c1ccc(N(C)C)cc1)C2=O. The molecular formula is C23H23NO5. The van der Waals surface area contributed by atoms with Crippen LogP contribution in [0.2, 0.25) is 0 Å². The molecule has 2 aromatic rings. The Morgan fingerprint density at radius 1 is 1.17 bits per heavy atom. The van der Waals surface area contributed by atoms with E-state index in [9.17, 15) is 9.59 Å². The third kappa shape index (κ3) is 3.76. The van der Waals surface area contributed by atoms with Gasteiger partial charge < -0.3 is 19.1 Å². The van der Waals surface area contributed by atoms with E-state index in [0.717, 1.165) is 17.7 Å². The zero-order valence-corrected chi connectivity index (χ0v) is 16.7. The fourth-order valence-electron chi connectivity index (χ4n) is 3.44. The van der Waals surface area contributed by atoms with Gasteiger partial charge in [-0.3, -0.25) is 4.79 Å². The Bertz CT molecular complexity index is 985. The Kier molecular flexibility index (Phi) is 5.11. The molecular weight excluding hydrogens is 370 g/mol. The minimum Gasteiger partial charge on any atom is -0.452 e. The number of carbonyl (C=O) groups excluding carboxylic acids is 2. The van der Waals surface area contributed by atoms with Crippen LogP contribution in [0, 0.1) is 6.92 Å². The Morgan fingerprint density at radius 3 is 2.59 bits per heavy atom. The second kappa shape index (κ2) is 7.72. The monoisotopic (exact) mass is 393 g/mol. The zero-order valence-electron chi connectivity index (χ0n) is 16.7. The van der Waals surface area contributed by atoms with Crippen LogP contribution in [0.15, 0.2) is 42.2 Å². The van der Waals surface area contributed by atoms with Gasteiger partial charge in [0.15, 0.2) is 11.9 Å². The first kappa shape index (κ1) is 19.2. The van der Waals surface area contributed by atoms with Crippen molar-refractivity contribution in [1.82, 2.24) is 0 Å². The van der Waals surface area contributed by atoms with E-state index < -0.39 is 12.1 Å². The Balaban J connectivity index is 1.56. The normalized spacial score (nSPS) is 19.2. The van der Waals surface area contributed by atoms with Crippen molar-refractivity contribution in [2.24, 2.45) is 0 Å². The van der Waals surface area contributed by atoms with Gasteiger partial charge in [0, 0.05) is 32.0 Å². The summed E-state index contributed by atoms with van der Waals surface area (Å²) in [4.78, 5) is 27.0. The van der Waals surface area contributed by atoms with E-state index in [0.29, 0.717) is 35.7 Å². The van der Waals surface area contributed by atoms with Crippen molar-refractivity contribution in [3.05, 3.63) is 58.8 Å². The smallest absolute Gasteiger partial charge is 0.340 e. The molecule has 2 aliphatic heterocycles. The summed E-state index contributed by atoms with van der Waals surface area (Å²) in [7, 11) is 3.94. The van der Waals surface area contributed by atoms with Gasteiger partial charge in [0.05, 0.1) is 5.56 Å². The van der Waals surface area contributed by atoms with Crippen molar-refractivity contribution in [3.63, 3.8) is 0 Å². The second-order valence-electron chi connectivity index (χ2n) is 7.41. The van der Waals surface area contributed by atoms with E-state index >= 15 is 0 Å². The van der Waals surface area contributed by atoms with Crippen LogP contribution in [0.5, 0.6) is 11.5 Å². The van der Waals surface area contributed by atoms with Gasteiger partial charge >= 0.3 is 5.97 Å². The standard InChI is InChI=1S/C23H23NO5/c1-14-18(29-23(26)19-5-4-12-27-19)11-10-17-21(25)20(28-22(14)17)13-15-6-8-16(9-7-15)24(2)3/h6-11,13,19H,4-5,12H2,1-3H3/b20-13-. The molecule has 2 aromatic carbocycles. The Hall–Kier alpha value is -3.12. The summed E-state index contributed by atoms with van der Waals surface area (Å²) in [5.74, 6) is 0.476. The molecule has 6 heteroatoms. The third-order valence-electron chi connectivity index (χ3n) is 5.15. The maximum atomic E-state index is 12.7. The molecule has 0 N–H and O–H groups in total. The van der Waals surface area contributed by atoms with E-state index in [1.54, 1.807) is 25.1 Å². The first-order valence-electron chi connectivity index (χ1n) is 9.62. The first-order chi connectivity index (χ1) is 13.9. The number of anilines is 1. The maximum Gasteiger partial charge on any atom is 0.340 e. The van der Waals surface area contributed by atoms with Gasteiger partial charge in [-0.15, -0.1) is 0 Å². The highest BCUT2D eigenvalue weighted by molar-refractivity contribution is 6.15. The van der Waals surface area contributed by atoms with Crippen LogP contribution in [0.3, 0.4) is 0 Å². The van der Waals surface area contributed by atoms with Gasteiger partial charge in [0.25, 0.3) is 0 Å². The van der Waals surface area contributed by atoms with E-state index in [-0.39, 0.29) is 11.5 Å². The number of Topliss-reactive ketones (excluding diaryl/α,β-unsaturated/α-hetero) is 1. The number of ketones is 1. The minimum atomic E-state index is -0.522. The first-order valence-corrected chi connectivity index (χ1v) is 9.62. The highest BCUT2D eigenvalue weighted by Crippen LogP contribution is 2.39. The number of allylic oxidation sites excluding steroid dienone is 1. The molecule has 150 valence electrons. The average molecular weight is 393 g/mol. The fourth-order valence-corrected chi connectivity index (χ4v) is 3.44. The Morgan fingerprint density at radius 2 is 1.93 bits per heavy atom. The van der Waals surface area contributed by atoms with Crippen LogP contribution < -0.4 is 14.4 Å². The van der Waals surface area contributed by atoms with E-state index in [4.69, 9.17) is 14.2 Å². The summed E-state index contributed by atoms with van der Waals surface area (Å²) in [6.45, 7) is 2.35. The lowest BCUT2D eigenvalue weighted by atomic mass is 10.1. The van der Waals surface area contributed by atoms with Crippen molar-refractivity contribution < 1.29 is 23.8 Å². The number of hydrogen-bond donors (Lipinski definition) is 0. The molecule has 2 aliphatic rings. The van der Waals surface area contributed by atoms with Gasteiger partial charge in [-0.1, -0.05) is 12.1 Å². The number of hydrogen-bond acceptors (Lipinski definition) is 6. The van der Waals surface area contributed by atoms with Crippen molar-refractivity contribution >= 4 is 23.5 Å². The maximum absolute atomic E-state index is 12.7. The average Bonchev–Trinajstić information content (AvgIpc) is 3.34. The lowest BCUT2D eigenvalue weighted by molar-refractivity contribution is -0.144. The number of ether oxygens (including phenoxy) is 3. The van der Waals surface area contributed by atoms with Crippen molar-refractivity contribution in [2.75, 3.05) is 25.6 Å². The molecule has 0 radical (unpaired) electrons. The summed E-state index contributed by atoms with van der Waals surface area (Å²) in [5.41, 5.74) is 3.03. The van der Waals surface area contributed by atoms with Gasteiger partial charge in [-0.2, -0.15) is 0 Å². The largest absolute Gasteiger partial charge is 0.452 e. The molecule has 0 aromatic heterocycles. The fraction of sp³-hybridized carbons (Fsp3) is 0.304. The highest BCUT2D eigenvalue weighted by Gasteiger charge is 2.32. The number of rotatable bonds is 4. The third-order valence-corrected chi connectivity index (χ3v) is 5.15. The van der Waals surface area contributed by atoms with Crippen LogP contribution in [-0.2, 0) is 9.53 Å². The molecule has 0 saturated carbocycles. The molecule has 6 nitrogen and oxygen atoms in total. The van der Waals surface area contributed by atoms with Gasteiger partial charge in [0.1, 0.15) is 11.5 Å². The minimum absolute atomic E-state index is 0.184. The molecule has 0 spiro atoms. The molecule has 2 heterocycles. The van der Waals surface area contributed by atoms with E-state index in [1.165, 1.54) is 0 Å². The van der Waals surface area contributed by atoms with Crippen molar-refractivity contribution in [1.29, 1.82) is 0 Å². The molecule has 1 fully saturated rings. The molecule has 1 saturated heterocycles. The second-order valence-corrected chi connectivity index (χ2v) is 7.41. The van der Waals surface area contributed by atoms with E-state index in [1.807, 2.05) is 43.3 Å². The number of carbonyl (C=O) groups is 2. The summed E-state index contributed by atoms with van der Waals surface area (Å²) < 4.78 is 16.7. The van der Waals surface area contributed by atoms with Crippen LogP contribution >= 0.6 is 0 Å². The van der Waals surface area contributed by atoms with Crippen LogP contribution in [0.4, 0.5) is 5.69 Å². The molecule has 0 aliphatic carbocycles. The molecule has 0 bridgehead atoms. The van der Waals surface area contributed by atoms with Crippen LogP contribution in [-0.4, -0.2) is 38.6 Å². The zero-order chi connectivity index (χ0) is 20.5. The summed E-state index contributed by atoms with van der Waals surface area (Å²) in [6.07, 6.45) is 2.71. The van der Waals surface area contributed by atoms with Crippen LogP contribution in [0.1, 0.15) is 34.3 Å². The molecule has 1 unspecified atom stereocenters. The van der Waals surface area contributed by atoms with Crippen LogP contribution in [0.25, 0.3) is 6.08 Å². The highest BCUT2D eigenvalue weighted by atomic mass is 16.6. The summed E-state index contributed by atoms with van der Waals surface area (Å²) in [5, 5.41) is 0. The predicted octanol–water partition coefficient (Wildman–Crippen LogP) is 3.76. The van der Waals surface area contributed by atoms with Gasteiger partial charge in [-0.25, -0.2) is 4.79 Å². The number of nitrogens with zero attached hydrogens (tertiary/aromatic N) is 1. The molecule has 1 atom stereocenters. The molecule has 0 amide bonds.